The summed E-state index contributed by atoms with van der Waals surface area (Å²) in [5, 5.41) is 3.79. The number of pyridine rings is 2. The van der Waals surface area contributed by atoms with Gasteiger partial charge in [-0.25, -0.2) is 13.8 Å². The van der Waals surface area contributed by atoms with Gasteiger partial charge in [-0.05, 0) is 62.2 Å². The third-order valence-corrected chi connectivity index (χ3v) is 7.35. The van der Waals surface area contributed by atoms with Gasteiger partial charge in [0, 0.05) is 84.5 Å². The molecule has 2 N–H and O–H groups in total. The molecule has 0 saturated carbocycles. The van der Waals surface area contributed by atoms with Gasteiger partial charge >= 0.3 is 0 Å². The van der Waals surface area contributed by atoms with Crippen LogP contribution in [-0.4, -0.2) is 71.5 Å². The summed E-state index contributed by atoms with van der Waals surface area (Å²) in [6.07, 6.45) is 2.87. The van der Waals surface area contributed by atoms with Gasteiger partial charge in [0.2, 0.25) is 6.41 Å². The van der Waals surface area contributed by atoms with E-state index in [1.165, 1.54) is 16.5 Å². The van der Waals surface area contributed by atoms with E-state index in [1.807, 2.05) is 33.9 Å². The topological polar surface area (TPSA) is 77.2 Å². The standard InChI is InChI=1S/C26H27N5O.C4H7F2N.C2H6/c1-17-12-22(13-18(2)28-17)26-19(3)23-6-4-20(14-24(23)29-26)21-5-7-25(27-15-21)31-10-8-30(16-32)9-11-31;5-4(6)1-2-7-3-4;1-2/h4-7,12-16,29H,8-11H2,1-3H3;7H,1-3H2;1-2H3. The lowest BCUT2D eigenvalue weighted by Gasteiger charge is -2.33. The summed E-state index contributed by atoms with van der Waals surface area (Å²) in [6, 6.07) is 15.0. The Hall–Kier alpha value is -3.85. The molecule has 5 heterocycles. The van der Waals surface area contributed by atoms with Gasteiger partial charge in [0.05, 0.1) is 6.54 Å². The van der Waals surface area contributed by atoms with Crippen LogP contribution < -0.4 is 10.2 Å². The minimum absolute atomic E-state index is 0.00694. The fraction of sp³-hybridized carbons (Fsp3) is 0.406. The molecule has 0 spiro atoms. The highest BCUT2D eigenvalue weighted by atomic mass is 19.3. The lowest BCUT2D eigenvalue weighted by Crippen LogP contribution is -2.45. The van der Waals surface area contributed by atoms with Crippen LogP contribution in [0.25, 0.3) is 33.3 Å². The number of halogens is 2. The van der Waals surface area contributed by atoms with Crippen molar-refractivity contribution in [3.05, 3.63) is 65.6 Å². The highest BCUT2D eigenvalue weighted by Crippen LogP contribution is 2.33. The number of nitrogens with one attached hydrogen (secondary N) is 2. The molecule has 1 aromatic carbocycles. The maximum atomic E-state index is 11.9. The van der Waals surface area contributed by atoms with E-state index in [-0.39, 0.29) is 13.0 Å². The Kier molecular flexibility index (Phi) is 9.70. The molecule has 7 nitrogen and oxygen atoms in total. The SMILES string of the molecule is CC.Cc1cc(-c2[nH]c3cc(-c4ccc(N5CCN(C=O)CC5)nc4)ccc3c2C)cc(C)n1.FC1(F)CCNC1. The Balaban J connectivity index is 0.000000372. The predicted molar refractivity (Wildman–Crippen MR) is 163 cm³/mol. The molecule has 2 saturated heterocycles. The summed E-state index contributed by atoms with van der Waals surface area (Å²) in [6.45, 7) is 13.7. The number of fused-ring (bicyclic) bond motifs is 1. The summed E-state index contributed by atoms with van der Waals surface area (Å²) in [5.41, 5.74) is 8.97. The Morgan fingerprint density at radius 1 is 0.902 bits per heavy atom. The van der Waals surface area contributed by atoms with Crippen LogP contribution in [0.1, 0.15) is 37.2 Å². The second kappa shape index (κ2) is 13.2. The molecule has 0 bridgehead atoms. The number of amides is 1. The average molecular weight is 563 g/mol. The van der Waals surface area contributed by atoms with Crippen molar-refractivity contribution in [2.45, 2.75) is 47.0 Å². The summed E-state index contributed by atoms with van der Waals surface area (Å²) < 4.78 is 23.8. The molecule has 2 aliphatic rings. The number of carbonyl (C=O) groups excluding carboxylic acids is 1. The molecular formula is C32H40F2N6O. The van der Waals surface area contributed by atoms with Crippen LogP contribution in [0.5, 0.6) is 0 Å². The molecule has 4 aromatic rings. The summed E-state index contributed by atoms with van der Waals surface area (Å²) >= 11 is 0. The monoisotopic (exact) mass is 562 g/mol. The zero-order valence-corrected chi connectivity index (χ0v) is 24.6. The van der Waals surface area contributed by atoms with Gasteiger partial charge in [-0.2, -0.15) is 0 Å². The van der Waals surface area contributed by atoms with Crippen LogP contribution in [0.4, 0.5) is 14.6 Å². The van der Waals surface area contributed by atoms with E-state index >= 15 is 0 Å². The number of carbonyl (C=O) groups is 1. The number of aromatic nitrogens is 3. The second-order valence-corrected chi connectivity index (χ2v) is 10.3. The normalized spacial score (nSPS) is 16.1. The number of alkyl halides is 2. The van der Waals surface area contributed by atoms with E-state index in [4.69, 9.17) is 4.98 Å². The van der Waals surface area contributed by atoms with Crippen molar-refractivity contribution in [2.75, 3.05) is 44.2 Å². The zero-order chi connectivity index (χ0) is 29.6. The number of nitrogens with zero attached hydrogens (tertiary/aromatic N) is 4. The lowest BCUT2D eigenvalue weighted by molar-refractivity contribution is -0.118. The molecule has 218 valence electrons. The van der Waals surface area contributed by atoms with Gasteiger partial charge in [0.25, 0.3) is 5.92 Å². The van der Waals surface area contributed by atoms with Gasteiger partial charge in [0.1, 0.15) is 5.82 Å². The maximum Gasteiger partial charge on any atom is 0.261 e. The molecule has 2 aliphatic heterocycles. The minimum atomic E-state index is -2.42. The number of rotatable bonds is 4. The molecular weight excluding hydrogens is 522 g/mol. The van der Waals surface area contributed by atoms with Crippen LogP contribution in [0.2, 0.25) is 0 Å². The van der Waals surface area contributed by atoms with Crippen molar-refractivity contribution < 1.29 is 13.6 Å². The molecule has 6 rings (SSSR count). The van der Waals surface area contributed by atoms with Gasteiger partial charge in [-0.1, -0.05) is 26.0 Å². The molecule has 0 aliphatic carbocycles. The van der Waals surface area contributed by atoms with Crippen molar-refractivity contribution in [2.24, 2.45) is 0 Å². The zero-order valence-electron chi connectivity index (χ0n) is 24.6. The highest BCUT2D eigenvalue weighted by molar-refractivity contribution is 5.93. The molecule has 3 aromatic heterocycles. The maximum absolute atomic E-state index is 11.9. The van der Waals surface area contributed by atoms with Crippen LogP contribution >= 0.6 is 0 Å². The first kappa shape index (κ1) is 30.1. The second-order valence-electron chi connectivity index (χ2n) is 10.3. The molecule has 1 amide bonds. The van der Waals surface area contributed by atoms with Crippen molar-refractivity contribution in [3.63, 3.8) is 0 Å². The molecule has 2 fully saturated rings. The first-order valence-corrected chi connectivity index (χ1v) is 14.3. The van der Waals surface area contributed by atoms with Crippen LogP contribution in [0.3, 0.4) is 0 Å². The Morgan fingerprint density at radius 3 is 2.12 bits per heavy atom. The number of H-pyrrole nitrogens is 1. The lowest BCUT2D eigenvalue weighted by atomic mass is 10.0. The predicted octanol–water partition coefficient (Wildman–Crippen LogP) is 6.14. The average Bonchev–Trinajstić information content (AvgIpc) is 3.55. The van der Waals surface area contributed by atoms with E-state index in [0.29, 0.717) is 6.54 Å². The van der Waals surface area contributed by atoms with Crippen molar-refractivity contribution >= 4 is 23.1 Å². The number of benzene rings is 1. The van der Waals surface area contributed by atoms with Crippen LogP contribution in [-0.2, 0) is 4.79 Å². The molecule has 9 heteroatoms. The van der Waals surface area contributed by atoms with Crippen molar-refractivity contribution in [3.8, 4) is 22.4 Å². The Morgan fingerprint density at radius 2 is 1.59 bits per heavy atom. The first-order valence-electron chi connectivity index (χ1n) is 14.3. The minimum Gasteiger partial charge on any atom is -0.354 e. The fourth-order valence-corrected chi connectivity index (χ4v) is 5.22. The van der Waals surface area contributed by atoms with E-state index in [1.54, 1.807) is 4.90 Å². The quantitative estimate of drug-likeness (QED) is 0.293. The van der Waals surface area contributed by atoms with Crippen LogP contribution in [0, 0.1) is 20.8 Å². The van der Waals surface area contributed by atoms with Gasteiger partial charge in [-0.3, -0.25) is 9.78 Å². The third-order valence-electron chi connectivity index (χ3n) is 7.35. The number of aromatic amines is 1. The first-order chi connectivity index (χ1) is 19.7. The van der Waals surface area contributed by atoms with E-state index < -0.39 is 5.92 Å². The van der Waals surface area contributed by atoms with Crippen LogP contribution in [0.15, 0.2) is 48.7 Å². The smallest absolute Gasteiger partial charge is 0.261 e. The summed E-state index contributed by atoms with van der Waals surface area (Å²) in [4.78, 5) is 27.8. The van der Waals surface area contributed by atoms with Gasteiger partial charge in [0.15, 0.2) is 0 Å². The largest absolute Gasteiger partial charge is 0.354 e. The fourth-order valence-electron chi connectivity index (χ4n) is 5.22. The number of aryl methyl sites for hydroxylation is 3. The number of hydrogen-bond donors (Lipinski definition) is 2. The Labute approximate surface area is 241 Å². The summed E-state index contributed by atoms with van der Waals surface area (Å²) in [5.74, 6) is -1.46. The van der Waals surface area contributed by atoms with Crippen molar-refractivity contribution in [1.29, 1.82) is 0 Å². The molecule has 0 atom stereocenters. The summed E-state index contributed by atoms with van der Waals surface area (Å²) in [7, 11) is 0. The third kappa shape index (κ3) is 7.27. The highest BCUT2D eigenvalue weighted by Gasteiger charge is 2.32. The van der Waals surface area contributed by atoms with E-state index in [0.717, 1.165) is 72.1 Å². The number of hydrogen-bond acceptors (Lipinski definition) is 5. The van der Waals surface area contributed by atoms with Gasteiger partial charge in [-0.15, -0.1) is 0 Å². The van der Waals surface area contributed by atoms with E-state index in [2.05, 4.69) is 69.6 Å². The van der Waals surface area contributed by atoms with E-state index in [9.17, 15) is 13.6 Å². The molecule has 41 heavy (non-hydrogen) atoms. The number of piperazine rings is 1. The number of anilines is 1. The molecule has 0 unspecified atom stereocenters. The van der Waals surface area contributed by atoms with Crippen molar-refractivity contribution in [1.82, 2.24) is 25.2 Å². The Bertz CT molecular complexity index is 1430. The molecule has 0 radical (unpaired) electrons. The van der Waals surface area contributed by atoms with Gasteiger partial charge < -0.3 is 20.1 Å².